The molecule has 0 radical (unpaired) electrons. The van der Waals surface area contributed by atoms with E-state index in [-0.39, 0.29) is 5.97 Å². The van der Waals surface area contributed by atoms with Crippen LogP contribution >= 0.6 is 0 Å². The van der Waals surface area contributed by atoms with Gasteiger partial charge in [0, 0.05) is 6.42 Å². The van der Waals surface area contributed by atoms with Gasteiger partial charge in [0.1, 0.15) is 0 Å². The molecule has 0 bridgehead atoms. The second-order valence-electron chi connectivity index (χ2n) is 5.94. The van der Waals surface area contributed by atoms with Gasteiger partial charge in [0.25, 0.3) is 0 Å². The molecule has 0 N–H and O–H groups in total. The lowest BCUT2D eigenvalue weighted by atomic mass is 9.88. The van der Waals surface area contributed by atoms with E-state index in [0.29, 0.717) is 30.0 Å². The molecule has 0 saturated heterocycles. The highest BCUT2D eigenvalue weighted by Gasteiger charge is 2.30. The fourth-order valence-electron chi connectivity index (χ4n) is 2.30. The summed E-state index contributed by atoms with van der Waals surface area (Å²) < 4.78 is 11.4. The van der Waals surface area contributed by atoms with E-state index in [9.17, 15) is 9.59 Å². The normalized spacial score (nSPS) is 11.2. The summed E-state index contributed by atoms with van der Waals surface area (Å²) in [7, 11) is 1.33. The topological polar surface area (TPSA) is 83.3 Å². The molecular formula is C17H21N3O4. The van der Waals surface area contributed by atoms with E-state index in [1.807, 2.05) is 0 Å². The smallest absolute Gasteiger partial charge is 0.340 e. The van der Waals surface area contributed by atoms with Gasteiger partial charge in [0.15, 0.2) is 0 Å². The quantitative estimate of drug-likeness (QED) is 0.755. The number of carbonyl (C=O) groups is 2. The Morgan fingerprint density at radius 2 is 1.96 bits per heavy atom. The molecule has 24 heavy (non-hydrogen) atoms. The first-order valence-corrected chi connectivity index (χ1v) is 7.65. The van der Waals surface area contributed by atoms with Crippen molar-refractivity contribution in [1.82, 2.24) is 15.0 Å². The van der Waals surface area contributed by atoms with Crippen LogP contribution < -0.4 is 0 Å². The maximum atomic E-state index is 12.0. The van der Waals surface area contributed by atoms with Gasteiger partial charge in [-0.25, -0.2) is 9.48 Å². The number of hydrogen-bond donors (Lipinski definition) is 0. The summed E-state index contributed by atoms with van der Waals surface area (Å²) in [6.07, 6.45) is 2.08. The average molecular weight is 331 g/mol. The van der Waals surface area contributed by atoms with Crippen molar-refractivity contribution in [3.05, 3.63) is 41.7 Å². The second kappa shape index (κ2) is 7.25. The van der Waals surface area contributed by atoms with Crippen LogP contribution in [-0.2, 0) is 20.7 Å². The van der Waals surface area contributed by atoms with Gasteiger partial charge in [0.2, 0.25) is 0 Å². The van der Waals surface area contributed by atoms with Gasteiger partial charge in [0.05, 0.1) is 42.3 Å². The van der Waals surface area contributed by atoms with Crippen LogP contribution in [0.25, 0.3) is 5.69 Å². The third-order valence-corrected chi connectivity index (χ3v) is 3.55. The van der Waals surface area contributed by atoms with Crippen LogP contribution in [0.15, 0.2) is 30.5 Å². The van der Waals surface area contributed by atoms with Crippen molar-refractivity contribution < 1.29 is 19.1 Å². The van der Waals surface area contributed by atoms with E-state index < -0.39 is 11.4 Å². The average Bonchev–Trinajstić information content (AvgIpc) is 3.02. The zero-order valence-electron chi connectivity index (χ0n) is 14.3. The molecule has 128 valence electrons. The third-order valence-electron chi connectivity index (χ3n) is 3.55. The molecule has 0 saturated carbocycles. The predicted molar refractivity (Wildman–Crippen MR) is 86.8 cm³/mol. The predicted octanol–water partition coefficient (Wildman–Crippen LogP) is 2.19. The van der Waals surface area contributed by atoms with Gasteiger partial charge in [-0.3, -0.25) is 4.79 Å². The number of methoxy groups -OCH3 is 1. The number of benzene rings is 1. The zero-order chi connectivity index (χ0) is 17.7. The first kappa shape index (κ1) is 17.7. The van der Waals surface area contributed by atoms with Gasteiger partial charge in [-0.1, -0.05) is 17.3 Å². The Balaban J connectivity index is 2.26. The maximum Gasteiger partial charge on any atom is 0.340 e. The minimum Gasteiger partial charge on any atom is -0.466 e. The molecule has 1 aromatic carbocycles. The Kier molecular flexibility index (Phi) is 5.33. The van der Waals surface area contributed by atoms with Crippen LogP contribution in [0.2, 0.25) is 0 Å². The summed E-state index contributed by atoms with van der Waals surface area (Å²) in [5.41, 5.74) is 0.879. The SMILES string of the molecule is CCOC(=O)C(C)(C)Cc1cn(-c2ccccc2C(=O)OC)nn1. The largest absolute Gasteiger partial charge is 0.466 e. The Bertz CT molecular complexity index is 737. The van der Waals surface area contributed by atoms with Gasteiger partial charge in [-0.2, -0.15) is 0 Å². The van der Waals surface area contributed by atoms with Gasteiger partial charge in [-0.15, -0.1) is 5.10 Å². The Morgan fingerprint density at radius 3 is 2.62 bits per heavy atom. The standard InChI is InChI=1S/C17H21N3O4/c1-5-24-16(22)17(2,3)10-12-11-20(19-18-12)14-9-7-6-8-13(14)15(21)23-4/h6-9,11H,5,10H2,1-4H3. The van der Waals surface area contributed by atoms with Crippen LogP contribution in [0.3, 0.4) is 0 Å². The molecule has 0 amide bonds. The highest BCUT2D eigenvalue weighted by Crippen LogP contribution is 2.23. The molecule has 7 nitrogen and oxygen atoms in total. The van der Waals surface area contributed by atoms with Crippen LogP contribution in [-0.4, -0.2) is 40.6 Å². The summed E-state index contributed by atoms with van der Waals surface area (Å²) in [4.78, 5) is 23.8. The first-order valence-electron chi connectivity index (χ1n) is 7.65. The van der Waals surface area contributed by atoms with Crippen molar-refractivity contribution in [2.45, 2.75) is 27.2 Å². The van der Waals surface area contributed by atoms with Crippen molar-refractivity contribution in [3.8, 4) is 5.69 Å². The molecule has 0 atom stereocenters. The number of carbonyl (C=O) groups excluding carboxylic acids is 2. The summed E-state index contributed by atoms with van der Waals surface area (Å²) >= 11 is 0. The van der Waals surface area contributed by atoms with Crippen molar-refractivity contribution in [2.75, 3.05) is 13.7 Å². The highest BCUT2D eigenvalue weighted by atomic mass is 16.5. The monoisotopic (exact) mass is 331 g/mol. The van der Waals surface area contributed by atoms with Crippen molar-refractivity contribution in [1.29, 1.82) is 0 Å². The maximum absolute atomic E-state index is 12.0. The Morgan fingerprint density at radius 1 is 1.25 bits per heavy atom. The molecule has 7 heteroatoms. The number of hydrogen-bond acceptors (Lipinski definition) is 6. The number of esters is 2. The summed E-state index contributed by atoms with van der Waals surface area (Å²) in [5, 5.41) is 8.16. The number of aromatic nitrogens is 3. The molecule has 2 aromatic rings. The summed E-state index contributed by atoms with van der Waals surface area (Å²) in [6, 6.07) is 6.95. The van der Waals surface area contributed by atoms with Crippen LogP contribution in [0, 0.1) is 5.41 Å². The molecule has 1 heterocycles. The molecule has 2 rings (SSSR count). The highest BCUT2D eigenvalue weighted by molar-refractivity contribution is 5.93. The molecule has 0 aliphatic heterocycles. The lowest BCUT2D eigenvalue weighted by Gasteiger charge is -2.20. The van der Waals surface area contributed by atoms with E-state index in [4.69, 9.17) is 9.47 Å². The lowest BCUT2D eigenvalue weighted by Crippen LogP contribution is -2.29. The van der Waals surface area contributed by atoms with E-state index in [2.05, 4.69) is 10.3 Å². The number of rotatable bonds is 6. The molecular weight excluding hydrogens is 310 g/mol. The molecule has 0 unspecified atom stereocenters. The van der Waals surface area contributed by atoms with Crippen molar-refractivity contribution in [2.24, 2.45) is 5.41 Å². The lowest BCUT2D eigenvalue weighted by molar-refractivity contribution is -0.153. The Hall–Kier alpha value is -2.70. The Labute approximate surface area is 140 Å². The summed E-state index contributed by atoms with van der Waals surface area (Å²) in [5.74, 6) is -0.732. The van der Waals surface area contributed by atoms with E-state index >= 15 is 0 Å². The van der Waals surface area contributed by atoms with E-state index in [0.717, 1.165) is 0 Å². The number of nitrogens with zero attached hydrogens (tertiary/aromatic N) is 3. The van der Waals surface area contributed by atoms with Crippen LogP contribution in [0.1, 0.15) is 36.8 Å². The second-order valence-corrected chi connectivity index (χ2v) is 5.94. The molecule has 0 fully saturated rings. The van der Waals surface area contributed by atoms with Crippen molar-refractivity contribution >= 4 is 11.9 Å². The summed E-state index contributed by atoms with van der Waals surface area (Å²) in [6.45, 7) is 5.70. The van der Waals surface area contributed by atoms with E-state index in [1.54, 1.807) is 51.2 Å². The van der Waals surface area contributed by atoms with Crippen molar-refractivity contribution in [3.63, 3.8) is 0 Å². The number of para-hydroxylation sites is 1. The number of ether oxygens (including phenoxy) is 2. The third kappa shape index (κ3) is 3.79. The minimum absolute atomic E-state index is 0.283. The van der Waals surface area contributed by atoms with E-state index in [1.165, 1.54) is 11.8 Å². The van der Waals surface area contributed by atoms with Crippen LogP contribution in [0.5, 0.6) is 0 Å². The van der Waals surface area contributed by atoms with Gasteiger partial charge < -0.3 is 9.47 Å². The fraction of sp³-hybridized carbons (Fsp3) is 0.412. The molecule has 0 spiro atoms. The fourth-order valence-corrected chi connectivity index (χ4v) is 2.30. The molecule has 0 aliphatic rings. The molecule has 0 aliphatic carbocycles. The van der Waals surface area contributed by atoms with Gasteiger partial charge >= 0.3 is 11.9 Å². The zero-order valence-corrected chi connectivity index (χ0v) is 14.3. The van der Waals surface area contributed by atoms with Crippen LogP contribution in [0.4, 0.5) is 0 Å². The minimum atomic E-state index is -0.710. The molecule has 1 aromatic heterocycles. The van der Waals surface area contributed by atoms with Gasteiger partial charge in [-0.05, 0) is 32.9 Å². The first-order chi connectivity index (χ1) is 11.4.